The van der Waals surface area contributed by atoms with Gasteiger partial charge in [-0.25, -0.2) is 0 Å². The third-order valence-electron chi connectivity index (χ3n) is 2.82. The van der Waals surface area contributed by atoms with Crippen LogP contribution < -0.4 is 5.32 Å². The van der Waals surface area contributed by atoms with Gasteiger partial charge in [-0.1, -0.05) is 20.8 Å². The molecule has 1 unspecified atom stereocenters. The van der Waals surface area contributed by atoms with Crippen LogP contribution in [0.4, 0.5) is 0 Å². The van der Waals surface area contributed by atoms with Crippen molar-refractivity contribution < 1.29 is 4.79 Å². The molecule has 0 aromatic rings. The molecule has 0 aromatic carbocycles. The van der Waals surface area contributed by atoms with Crippen LogP contribution in [0.25, 0.3) is 0 Å². The number of rotatable bonds is 5. The van der Waals surface area contributed by atoms with Crippen LogP contribution in [0.3, 0.4) is 0 Å². The summed E-state index contributed by atoms with van der Waals surface area (Å²) in [5.41, 5.74) is 0.283. The average Bonchev–Trinajstić information content (AvgIpc) is 2.09. The van der Waals surface area contributed by atoms with Gasteiger partial charge in [0.1, 0.15) is 0 Å². The van der Waals surface area contributed by atoms with Crippen molar-refractivity contribution in [3.63, 3.8) is 0 Å². The van der Waals surface area contributed by atoms with E-state index in [9.17, 15) is 4.79 Å². The quantitative estimate of drug-likeness (QED) is 0.709. The Kier molecular flexibility index (Phi) is 5.88. The normalized spacial score (nSPS) is 13.7. The van der Waals surface area contributed by atoms with E-state index in [2.05, 4.69) is 33.0 Å². The number of carbonyl (C=O) groups excluding carboxylic acids is 1. The second kappa shape index (κ2) is 6.11. The maximum atomic E-state index is 11.3. The van der Waals surface area contributed by atoms with E-state index in [0.29, 0.717) is 12.5 Å². The van der Waals surface area contributed by atoms with Gasteiger partial charge < -0.3 is 10.2 Å². The zero-order valence-corrected chi connectivity index (χ0v) is 11.1. The molecule has 1 N–H and O–H groups in total. The van der Waals surface area contributed by atoms with Crippen LogP contribution in [0, 0.1) is 5.41 Å². The van der Waals surface area contributed by atoms with Gasteiger partial charge in [0.25, 0.3) is 0 Å². The predicted molar refractivity (Wildman–Crippen MR) is 64.8 cm³/mol. The number of hydrogen-bond donors (Lipinski definition) is 1. The molecule has 0 aliphatic rings. The third-order valence-corrected chi connectivity index (χ3v) is 2.82. The van der Waals surface area contributed by atoms with Gasteiger partial charge in [-0.15, -0.1) is 0 Å². The van der Waals surface area contributed by atoms with Gasteiger partial charge in [-0.2, -0.15) is 0 Å². The number of hydrogen-bond acceptors (Lipinski definition) is 2. The molecule has 0 bridgehead atoms. The number of amides is 1. The zero-order chi connectivity index (χ0) is 12.1. The van der Waals surface area contributed by atoms with Gasteiger partial charge in [0.05, 0.1) is 0 Å². The lowest BCUT2D eigenvalue weighted by atomic mass is 9.88. The fourth-order valence-electron chi connectivity index (χ4n) is 1.09. The lowest BCUT2D eigenvalue weighted by molar-refractivity contribution is -0.128. The summed E-state index contributed by atoms with van der Waals surface area (Å²) in [7, 11) is 3.60. The molecule has 0 rings (SSSR count). The standard InChI is InChI=1S/C12H26N2O/c1-10(12(2,3)4)13-9-7-8-11(15)14(5)6/h10,13H,7-9H2,1-6H3. The van der Waals surface area contributed by atoms with Crippen molar-refractivity contribution in [2.24, 2.45) is 5.41 Å². The van der Waals surface area contributed by atoms with E-state index in [-0.39, 0.29) is 11.3 Å². The molecule has 0 saturated carbocycles. The smallest absolute Gasteiger partial charge is 0.222 e. The largest absolute Gasteiger partial charge is 0.349 e. The van der Waals surface area contributed by atoms with Gasteiger partial charge in [0.2, 0.25) is 5.91 Å². The van der Waals surface area contributed by atoms with Crippen molar-refractivity contribution in [3.05, 3.63) is 0 Å². The summed E-state index contributed by atoms with van der Waals surface area (Å²) >= 11 is 0. The molecule has 3 heteroatoms. The molecule has 15 heavy (non-hydrogen) atoms. The van der Waals surface area contributed by atoms with Crippen molar-refractivity contribution in [1.29, 1.82) is 0 Å². The van der Waals surface area contributed by atoms with Gasteiger partial charge in [0, 0.05) is 26.6 Å². The fourth-order valence-corrected chi connectivity index (χ4v) is 1.09. The molecule has 0 saturated heterocycles. The van der Waals surface area contributed by atoms with E-state index in [1.807, 2.05) is 0 Å². The molecule has 0 fully saturated rings. The Morgan fingerprint density at radius 1 is 1.33 bits per heavy atom. The van der Waals surface area contributed by atoms with E-state index < -0.39 is 0 Å². The molecule has 1 atom stereocenters. The molecule has 0 radical (unpaired) electrons. The first-order valence-electron chi connectivity index (χ1n) is 5.68. The van der Waals surface area contributed by atoms with Crippen molar-refractivity contribution in [2.45, 2.75) is 46.6 Å². The van der Waals surface area contributed by atoms with E-state index >= 15 is 0 Å². The third kappa shape index (κ3) is 6.50. The average molecular weight is 214 g/mol. The number of nitrogens with one attached hydrogen (secondary N) is 1. The van der Waals surface area contributed by atoms with Crippen molar-refractivity contribution in [1.82, 2.24) is 10.2 Å². The Morgan fingerprint density at radius 3 is 2.27 bits per heavy atom. The SMILES string of the molecule is CC(NCCCC(=O)N(C)C)C(C)(C)C. The number of carbonyl (C=O) groups is 1. The Bertz CT molecular complexity index is 194. The first-order chi connectivity index (χ1) is 6.75. The van der Waals surface area contributed by atoms with E-state index in [1.54, 1.807) is 19.0 Å². The van der Waals surface area contributed by atoms with E-state index in [0.717, 1.165) is 13.0 Å². The van der Waals surface area contributed by atoms with E-state index in [1.165, 1.54) is 0 Å². The molecule has 1 amide bonds. The molecule has 0 aliphatic heterocycles. The molecule has 0 heterocycles. The molecule has 0 aliphatic carbocycles. The highest BCUT2D eigenvalue weighted by molar-refractivity contribution is 5.75. The van der Waals surface area contributed by atoms with Crippen LogP contribution in [0.5, 0.6) is 0 Å². The van der Waals surface area contributed by atoms with Crippen molar-refractivity contribution in [3.8, 4) is 0 Å². The topological polar surface area (TPSA) is 32.3 Å². The molecular formula is C12H26N2O. The maximum Gasteiger partial charge on any atom is 0.222 e. The van der Waals surface area contributed by atoms with Crippen molar-refractivity contribution in [2.75, 3.05) is 20.6 Å². The van der Waals surface area contributed by atoms with Crippen LogP contribution in [-0.4, -0.2) is 37.5 Å². The summed E-state index contributed by atoms with van der Waals surface area (Å²) in [5.74, 6) is 0.209. The van der Waals surface area contributed by atoms with Crippen LogP contribution in [0.2, 0.25) is 0 Å². The molecule has 90 valence electrons. The first kappa shape index (κ1) is 14.4. The summed E-state index contributed by atoms with van der Waals surface area (Å²) < 4.78 is 0. The van der Waals surface area contributed by atoms with Gasteiger partial charge >= 0.3 is 0 Å². The maximum absolute atomic E-state index is 11.3. The molecule has 3 nitrogen and oxygen atoms in total. The Balaban J connectivity index is 3.60. The highest BCUT2D eigenvalue weighted by atomic mass is 16.2. The first-order valence-corrected chi connectivity index (χ1v) is 5.68. The van der Waals surface area contributed by atoms with Crippen LogP contribution in [0.15, 0.2) is 0 Å². The second-order valence-corrected chi connectivity index (χ2v) is 5.43. The highest BCUT2D eigenvalue weighted by Crippen LogP contribution is 2.18. The fraction of sp³-hybridized carbons (Fsp3) is 0.917. The van der Waals surface area contributed by atoms with Crippen molar-refractivity contribution >= 4 is 5.91 Å². The van der Waals surface area contributed by atoms with Crippen LogP contribution >= 0.6 is 0 Å². The summed E-state index contributed by atoms with van der Waals surface area (Å²) in [4.78, 5) is 12.9. The van der Waals surface area contributed by atoms with Gasteiger partial charge in [-0.3, -0.25) is 4.79 Å². The second-order valence-electron chi connectivity index (χ2n) is 5.43. The Morgan fingerprint density at radius 2 is 1.87 bits per heavy atom. The van der Waals surface area contributed by atoms with Gasteiger partial charge in [-0.05, 0) is 25.3 Å². The summed E-state index contributed by atoms with van der Waals surface area (Å²) in [6, 6.07) is 0.479. The highest BCUT2D eigenvalue weighted by Gasteiger charge is 2.18. The molecular weight excluding hydrogens is 188 g/mol. The Labute approximate surface area is 94.2 Å². The molecule has 0 spiro atoms. The minimum absolute atomic E-state index is 0.209. The molecule has 0 aromatic heterocycles. The lowest BCUT2D eigenvalue weighted by Gasteiger charge is -2.28. The van der Waals surface area contributed by atoms with Gasteiger partial charge in [0.15, 0.2) is 0 Å². The summed E-state index contributed by atoms with van der Waals surface area (Å²) in [5, 5.41) is 3.45. The van der Waals surface area contributed by atoms with E-state index in [4.69, 9.17) is 0 Å². The summed E-state index contributed by atoms with van der Waals surface area (Å²) in [6.45, 7) is 9.76. The minimum Gasteiger partial charge on any atom is -0.349 e. The lowest BCUT2D eigenvalue weighted by Crippen LogP contribution is -2.38. The van der Waals surface area contributed by atoms with Crippen LogP contribution in [-0.2, 0) is 4.79 Å². The monoisotopic (exact) mass is 214 g/mol. The number of nitrogens with zero attached hydrogens (tertiary/aromatic N) is 1. The predicted octanol–water partition coefficient (Wildman–Crippen LogP) is 1.88. The minimum atomic E-state index is 0.209. The Hall–Kier alpha value is -0.570. The zero-order valence-electron chi connectivity index (χ0n) is 11.1. The van der Waals surface area contributed by atoms with Crippen LogP contribution in [0.1, 0.15) is 40.5 Å². The summed E-state index contributed by atoms with van der Waals surface area (Å²) in [6.07, 6.45) is 1.55.